The molecule has 0 saturated carbocycles. The molecule has 1 saturated heterocycles. The van der Waals surface area contributed by atoms with Crippen LogP contribution in [0, 0.1) is 0 Å². The molecule has 32 heavy (non-hydrogen) atoms. The van der Waals surface area contributed by atoms with Gasteiger partial charge in [-0.25, -0.2) is 12.8 Å². The summed E-state index contributed by atoms with van der Waals surface area (Å²) in [4.78, 5) is 14.2. The predicted molar refractivity (Wildman–Crippen MR) is 125 cm³/mol. The van der Waals surface area contributed by atoms with Gasteiger partial charge in [0.05, 0.1) is 10.9 Å². The second-order valence-corrected chi connectivity index (χ2v) is 11.4. The second kappa shape index (κ2) is 9.07. The van der Waals surface area contributed by atoms with Gasteiger partial charge in [-0.3, -0.25) is 9.52 Å². The van der Waals surface area contributed by atoms with E-state index in [4.69, 9.17) is 4.74 Å². The van der Waals surface area contributed by atoms with E-state index in [0.29, 0.717) is 29.2 Å². The highest BCUT2D eigenvalue weighted by Gasteiger charge is 2.33. The average molecular weight is 464 g/mol. The van der Waals surface area contributed by atoms with E-state index in [1.165, 1.54) is 0 Å². The largest absolute Gasteiger partial charge is 0.369 e. The van der Waals surface area contributed by atoms with Crippen molar-refractivity contribution in [1.29, 1.82) is 0 Å². The molecule has 3 atom stereocenters. The fraction of sp³-hybridized carbons (Fsp3) is 0.435. The molecule has 9 heteroatoms. The molecule has 1 heterocycles. The molecule has 1 aliphatic rings. The Bertz CT molecular complexity index is 1050. The Hall–Kier alpha value is -2.65. The van der Waals surface area contributed by atoms with Crippen molar-refractivity contribution in [1.82, 2.24) is 0 Å². The van der Waals surface area contributed by atoms with Gasteiger partial charge < -0.3 is 15.0 Å². The van der Waals surface area contributed by atoms with E-state index in [0.717, 1.165) is 0 Å². The molecule has 2 aromatic carbocycles. The van der Waals surface area contributed by atoms with Gasteiger partial charge in [0.15, 0.2) is 6.30 Å². The lowest BCUT2D eigenvalue weighted by atomic mass is 10.1. The van der Waals surface area contributed by atoms with Gasteiger partial charge in [-0.15, -0.1) is 0 Å². The van der Waals surface area contributed by atoms with E-state index in [1.54, 1.807) is 81.1 Å². The monoisotopic (exact) mass is 463 g/mol. The fourth-order valence-electron chi connectivity index (χ4n) is 3.29. The molecule has 1 unspecified atom stereocenters. The number of anilines is 3. The number of carbonyl (C=O) groups excluding carboxylic acids is 1. The summed E-state index contributed by atoms with van der Waals surface area (Å²) in [5.41, 5.74) is 2.05. The molecule has 2 aromatic rings. The molecule has 2 N–H and O–H groups in total. The molecule has 0 spiro atoms. The van der Waals surface area contributed by atoms with Gasteiger partial charge in [-0.05, 0) is 83.1 Å². The second-order valence-electron chi connectivity index (χ2n) is 8.97. The lowest BCUT2D eigenvalue weighted by molar-refractivity contribution is -0.0614. The highest BCUT2D eigenvalue weighted by molar-refractivity contribution is 7.94. The Morgan fingerprint density at radius 2 is 1.59 bits per heavy atom. The molecule has 1 fully saturated rings. The lowest BCUT2D eigenvalue weighted by Gasteiger charge is -2.39. The van der Waals surface area contributed by atoms with Crippen molar-refractivity contribution in [2.24, 2.45) is 0 Å². The minimum Gasteiger partial charge on any atom is -0.369 e. The van der Waals surface area contributed by atoms with Crippen molar-refractivity contribution in [3.05, 3.63) is 54.1 Å². The fourth-order valence-corrected chi connectivity index (χ4v) is 4.04. The molecule has 7 nitrogen and oxygen atoms in total. The van der Waals surface area contributed by atoms with Crippen LogP contribution in [-0.2, 0) is 14.8 Å². The third-order valence-corrected chi connectivity index (χ3v) is 7.36. The SMILES string of the molecule is C[C@H]1CN(c2ccc(NC(=O)c3ccc(NS(=O)(=O)C(C)(C)C)cc3)cc2)C(F)[C@@H](C)O1. The first-order chi connectivity index (χ1) is 14.9. The van der Waals surface area contributed by atoms with Crippen LogP contribution < -0.4 is 14.9 Å². The van der Waals surface area contributed by atoms with Gasteiger partial charge in [0, 0.05) is 29.2 Å². The molecular weight excluding hydrogens is 433 g/mol. The summed E-state index contributed by atoms with van der Waals surface area (Å²) in [6, 6.07) is 13.2. The number of nitrogens with zero attached hydrogens (tertiary/aromatic N) is 1. The minimum absolute atomic E-state index is 0.0766. The topological polar surface area (TPSA) is 87.7 Å². The van der Waals surface area contributed by atoms with E-state index < -0.39 is 27.2 Å². The zero-order chi connectivity index (χ0) is 23.7. The standard InChI is InChI=1S/C23H30FN3O4S/c1-15-14-27(21(24)16(2)31-15)20-12-10-18(11-13-20)25-22(28)17-6-8-19(9-7-17)26-32(29,30)23(3,4)5/h6-13,15-16,21,26H,14H2,1-5H3,(H,25,28)/t15-,16+,21?/m0/s1. The maximum atomic E-state index is 14.5. The van der Waals surface area contributed by atoms with Crippen molar-refractivity contribution >= 4 is 33.0 Å². The first-order valence-electron chi connectivity index (χ1n) is 10.5. The van der Waals surface area contributed by atoms with E-state index in [-0.39, 0.29) is 12.0 Å². The summed E-state index contributed by atoms with van der Waals surface area (Å²) in [6.45, 7) is 8.89. The van der Waals surface area contributed by atoms with Crippen molar-refractivity contribution in [2.45, 2.75) is 57.9 Å². The number of rotatable bonds is 5. The number of alkyl halides is 1. The van der Waals surface area contributed by atoms with Crippen LogP contribution in [0.2, 0.25) is 0 Å². The predicted octanol–water partition coefficient (Wildman–Crippen LogP) is 4.39. The summed E-state index contributed by atoms with van der Waals surface area (Å²) < 4.78 is 46.1. The van der Waals surface area contributed by atoms with Gasteiger partial charge in [0.2, 0.25) is 10.0 Å². The van der Waals surface area contributed by atoms with Crippen molar-refractivity contribution in [3.8, 4) is 0 Å². The Kier molecular flexibility index (Phi) is 6.80. The van der Waals surface area contributed by atoms with Crippen LogP contribution in [0.5, 0.6) is 0 Å². The average Bonchev–Trinajstić information content (AvgIpc) is 2.70. The van der Waals surface area contributed by atoms with Crippen LogP contribution in [-0.4, -0.2) is 44.1 Å². The molecular formula is C23H30FN3O4S. The molecule has 1 aliphatic heterocycles. The number of nitrogens with one attached hydrogen (secondary N) is 2. The smallest absolute Gasteiger partial charge is 0.255 e. The van der Waals surface area contributed by atoms with E-state index in [9.17, 15) is 17.6 Å². The van der Waals surface area contributed by atoms with Crippen LogP contribution >= 0.6 is 0 Å². The lowest BCUT2D eigenvalue weighted by Crippen LogP contribution is -2.51. The number of hydrogen-bond acceptors (Lipinski definition) is 5. The van der Waals surface area contributed by atoms with Crippen LogP contribution in [0.4, 0.5) is 21.5 Å². The Morgan fingerprint density at radius 1 is 1.03 bits per heavy atom. The quantitative estimate of drug-likeness (QED) is 0.642. The summed E-state index contributed by atoms with van der Waals surface area (Å²) >= 11 is 0. The maximum Gasteiger partial charge on any atom is 0.255 e. The van der Waals surface area contributed by atoms with E-state index in [2.05, 4.69) is 10.0 Å². The van der Waals surface area contributed by atoms with Gasteiger partial charge in [-0.2, -0.15) is 0 Å². The van der Waals surface area contributed by atoms with Crippen LogP contribution in [0.3, 0.4) is 0 Å². The summed E-state index contributed by atoms with van der Waals surface area (Å²) in [7, 11) is -3.55. The van der Waals surface area contributed by atoms with Crippen LogP contribution in [0.25, 0.3) is 0 Å². The molecule has 174 valence electrons. The first kappa shape index (κ1) is 24.0. The number of ether oxygens (including phenoxy) is 1. The third kappa shape index (κ3) is 5.39. The number of benzene rings is 2. The number of halogens is 1. The first-order valence-corrected chi connectivity index (χ1v) is 12.0. The molecule has 0 aromatic heterocycles. The minimum atomic E-state index is -3.55. The molecule has 0 bridgehead atoms. The van der Waals surface area contributed by atoms with Crippen molar-refractivity contribution in [3.63, 3.8) is 0 Å². The van der Waals surface area contributed by atoms with Crippen LogP contribution in [0.1, 0.15) is 45.0 Å². The van der Waals surface area contributed by atoms with Crippen molar-refractivity contribution in [2.75, 3.05) is 21.5 Å². The number of amides is 1. The highest BCUT2D eigenvalue weighted by atomic mass is 32.2. The van der Waals surface area contributed by atoms with Gasteiger partial charge in [0.1, 0.15) is 6.10 Å². The molecule has 1 amide bonds. The third-order valence-electron chi connectivity index (χ3n) is 5.25. The maximum absolute atomic E-state index is 14.5. The van der Waals surface area contributed by atoms with Gasteiger partial charge in [-0.1, -0.05) is 0 Å². The molecule has 0 aliphatic carbocycles. The zero-order valence-electron chi connectivity index (χ0n) is 18.9. The van der Waals surface area contributed by atoms with Gasteiger partial charge in [0.25, 0.3) is 5.91 Å². The number of hydrogen-bond donors (Lipinski definition) is 2. The van der Waals surface area contributed by atoms with Crippen LogP contribution in [0.15, 0.2) is 48.5 Å². The molecule has 3 rings (SSSR count). The summed E-state index contributed by atoms with van der Waals surface area (Å²) in [6.07, 6.45) is -1.83. The summed E-state index contributed by atoms with van der Waals surface area (Å²) in [5, 5.41) is 2.79. The number of morpholine rings is 1. The normalized spacial score (nSPS) is 21.8. The summed E-state index contributed by atoms with van der Waals surface area (Å²) in [5.74, 6) is -0.333. The zero-order valence-corrected chi connectivity index (χ0v) is 19.7. The Balaban J connectivity index is 1.65. The van der Waals surface area contributed by atoms with Crippen molar-refractivity contribution < 1.29 is 22.3 Å². The highest BCUT2D eigenvalue weighted by Crippen LogP contribution is 2.27. The number of carbonyl (C=O) groups is 1. The van der Waals surface area contributed by atoms with E-state index in [1.807, 2.05) is 6.92 Å². The van der Waals surface area contributed by atoms with Gasteiger partial charge >= 0.3 is 0 Å². The molecule has 0 radical (unpaired) electrons. The number of sulfonamides is 1. The Labute approximate surface area is 189 Å². The van der Waals surface area contributed by atoms with E-state index >= 15 is 0 Å². The Morgan fingerprint density at radius 3 is 2.16 bits per heavy atom.